The maximum absolute atomic E-state index is 12.1. The van der Waals surface area contributed by atoms with Gasteiger partial charge in [-0.2, -0.15) is 15.2 Å². The number of nitrogens with zero attached hydrogens (tertiary/aromatic N) is 3. The lowest BCUT2D eigenvalue weighted by molar-refractivity contribution is 0.195. The molecular weight excluding hydrogens is 352 g/mol. The molecule has 0 fully saturated rings. The molecule has 1 aromatic rings. The van der Waals surface area contributed by atoms with Gasteiger partial charge in [0.25, 0.3) is 0 Å². The summed E-state index contributed by atoms with van der Waals surface area (Å²) in [6, 6.07) is 3.47. The van der Waals surface area contributed by atoms with Crippen LogP contribution in [0.3, 0.4) is 0 Å². The Hall–Kier alpha value is -2.50. The van der Waals surface area contributed by atoms with Gasteiger partial charge in [0.2, 0.25) is 0 Å². The minimum Gasteiger partial charge on any atom is -0.497 e. The quantitative estimate of drug-likeness (QED) is 0.548. The van der Waals surface area contributed by atoms with Gasteiger partial charge in [-0.15, -0.1) is 0 Å². The molecule has 2 rings (SSSR count). The van der Waals surface area contributed by atoms with Crippen molar-refractivity contribution in [2.24, 2.45) is 4.99 Å². The number of nitrogens with one attached hydrogen (secondary N) is 1. The fourth-order valence-electron chi connectivity index (χ4n) is 2.91. The van der Waals surface area contributed by atoms with Crippen LogP contribution in [-0.4, -0.2) is 35.1 Å². The van der Waals surface area contributed by atoms with Crippen LogP contribution in [0.5, 0.6) is 0 Å². The molecule has 0 radical (unpaired) electrons. The Morgan fingerprint density at radius 3 is 2.75 bits per heavy atom. The Balaban J connectivity index is 1.96. The van der Waals surface area contributed by atoms with E-state index in [1.165, 1.54) is 19.3 Å². The highest BCUT2D eigenvalue weighted by Gasteiger charge is 2.21. The fourth-order valence-corrected chi connectivity index (χ4v) is 2.91. The summed E-state index contributed by atoms with van der Waals surface area (Å²) in [5, 5.41) is 11.0. The Kier molecular flexibility index (Phi) is 9.97. The minimum absolute atomic E-state index is 0.105. The molecule has 0 aliphatic heterocycles. The lowest BCUT2D eigenvalue weighted by atomic mass is 9.96. The fraction of sp³-hybridized carbons (Fsp3) is 0.545. The predicted octanol–water partition coefficient (Wildman–Crippen LogP) is 4.95. The number of carbonyl (C=O) groups is 1. The summed E-state index contributed by atoms with van der Waals surface area (Å²) in [5.41, 5.74) is 1.41. The molecule has 0 saturated heterocycles. The van der Waals surface area contributed by atoms with Gasteiger partial charge in [0.05, 0.1) is 23.9 Å². The normalized spacial score (nSPS) is 17.4. The van der Waals surface area contributed by atoms with Crippen molar-refractivity contribution in [3.8, 4) is 0 Å². The van der Waals surface area contributed by atoms with E-state index < -0.39 is 0 Å². The SMILES string of the molecule is CCCCCCCNC(=O)/N=C1/C=CC(c2cccnn2)C(OCCCC)=C1. The largest absolute Gasteiger partial charge is 0.497 e. The molecule has 1 aromatic heterocycles. The Morgan fingerprint density at radius 2 is 2.00 bits per heavy atom. The molecule has 1 unspecified atom stereocenters. The smallest absolute Gasteiger partial charge is 0.341 e. The number of amides is 2. The molecule has 0 spiro atoms. The molecule has 1 heterocycles. The van der Waals surface area contributed by atoms with Crippen LogP contribution >= 0.6 is 0 Å². The first-order chi connectivity index (χ1) is 13.7. The van der Waals surface area contributed by atoms with E-state index in [4.69, 9.17) is 4.74 Å². The van der Waals surface area contributed by atoms with E-state index in [1.54, 1.807) is 6.20 Å². The molecule has 0 bridgehead atoms. The molecule has 0 aromatic carbocycles. The standard InChI is InChI=1S/C22H32N4O2/c1-3-5-7-8-9-14-23-22(27)25-18-12-13-19(20-11-10-15-24-26-20)21(17-18)28-16-6-4-2/h10-13,15,17,19H,3-9,14,16H2,1-2H3,(H,23,27)/b25-18-. The summed E-state index contributed by atoms with van der Waals surface area (Å²) in [4.78, 5) is 16.3. The Morgan fingerprint density at radius 1 is 1.18 bits per heavy atom. The van der Waals surface area contributed by atoms with Crippen LogP contribution in [-0.2, 0) is 4.74 Å². The minimum atomic E-state index is -0.308. The van der Waals surface area contributed by atoms with Crippen LogP contribution < -0.4 is 5.32 Å². The van der Waals surface area contributed by atoms with Crippen LogP contribution in [0.2, 0.25) is 0 Å². The first kappa shape index (κ1) is 21.8. The van der Waals surface area contributed by atoms with Crippen molar-refractivity contribution >= 4 is 11.7 Å². The molecule has 1 aliphatic carbocycles. The monoisotopic (exact) mass is 384 g/mol. The van der Waals surface area contributed by atoms with E-state index in [-0.39, 0.29) is 11.9 Å². The highest BCUT2D eigenvalue weighted by molar-refractivity contribution is 6.10. The van der Waals surface area contributed by atoms with Crippen LogP contribution in [0, 0.1) is 0 Å². The second-order valence-electron chi connectivity index (χ2n) is 6.92. The van der Waals surface area contributed by atoms with Gasteiger partial charge < -0.3 is 10.1 Å². The van der Waals surface area contributed by atoms with E-state index in [1.807, 2.05) is 30.4 Å². The van der Waals surface area contributed by atoms with Gasteiger partial charge in [0.15, 0.2) is 0 Å². The summed E-state index contributed by atoms with van der Waals surface area (Å²) >= 11 is 0. The average Bonchev–Trinajstić information content (AvgIpc) is 2.72. The summed E-state index contributed by atoms with van der Waals surface area (Å²) in [7, 11) is 0. The number of ether oxygens (including phenoxy) is 1. The van der Waals surface area contributed by atoms with Crippen molar-refractivity contribution in [1.82, 2.24) is 15.5 Å². The van der Waals surface area contributed by atoms with Gasteiger partial charge in [-0.1, -0.05) is 52.0 Å². The zero-order valence-electron chi connectivity index (χ0n) is 17.1. The molecule has 2 amide bonds. The molecule has 28 heavy (non-hydrogen) atoms. The van der Waals surface area contributed by atoms with E-state index in [0.29, 0.717) is 18.9 Å². The molecule has 1 atom stereocenters. The van der Waals surface area contributed by atoms with E-state index in [9.17, 15) is 4.79 Å². The van der Waals surface area contributed by atoms with Gasteiger partial charge >= 0.3 is 6.03 Å². The number of carbonyl (C=O) groups excluding carboxylic acids is 1. The number of allylic oxidation sites excluding steroid dienone is 3. The second kappa shape index (κ2) is 12.8. The molecule has 6 heteroatoms. The van der Waals surface area contributed by atoms with E-state index in [0.717, 1.165) is 37.1 Å². The number of aliphatic imine (C=N–C) groups is 1. The Bertz CT molecular complexity index is 683. The van der Waals surface area contributed by atoms with Crippen molar-refractivity contribution in [1.29, 1.82) is 0 Å². The van der Waals surface area contributed by atoms with Gasteiger partial charge in [0.1, 0.15) is 5.76 Å². The number of aromatic nitrogens is 2. The first-order valence-corrected chi connectivity index (χ1v) is 10.4. The zero-order chi connectivity index (χ0) is 20.0. The third kappa shape index (κ3) is 7.62. The molecular formula is C22H32N4O2. The number of hydrogen-bond donors (Lipinski definition) is 1. The number of unbranched alkanes of at least 4 members (excludes halogenated alkanes) is 5. The van der Waals surface area contributed by atoms with Crippen LogP contribution in [0.15, 0.2) is 47.3 Å². The number of urea groups is 1. The van der Waals surface area contributed by atoms with E-state index in [2.05, 4.69) is 34.4 Å². The van der Waals surface area contributed by atoms with Crippen LogP contribution in [0.25, 0.3) is 0 Å². The first-order valence-electron chi connectivity index (χ1n) is 10.4. The van der Waals surface area contributed by atoms with Gasteiger partial charge in [0, 0.05) is 18.8 Å². The maximum Gasteiger partial charge on any atom is 0.341 e. The molecule has 152 valence electrons. The van der Waals surface area contributed by atoms with Crippen molar-refractivity contribution in [2.75, 3.05) is 13.2 Å². The molecule has 6 nitrogen and oxygen atoms in total. The zero-order valence-corrected chi connectivity index (χ0v) is 17.1. The highest BCUT2D eigenvalue weighted by atomic mass is 16.5. The average molecular weight is 385 g/mol. The van der Waals surface area contributed by atoms with Crippen LogP contribution in [0.4, 0.5) is 4.79 Å². The van der Waals surface area contributed by atoms with Gasteiger partial charge in [-0.05, 0) is 31.1 Å². The predicted molar refractivity (Wildman–Crippen MR) is 112 cm³/mol. The van der Waals surface area contributed by atoms with Crippen molar-refractivity contribution < 1.29 is 9.53 Å². The Labute approximate surface area is 168 Å². The van der Waals surface area contributed by atoms with Gasteiger partial charge in [-0.25, -0.2) is 4.79 Å². The highest BCUT2D eigenvalue weighted by Crippen LogP contribution is 2.28. The lowest BCUT2D eigenvalue weighted by Gasteiger charge is -2.20. The summed E-state index contributed by atoms with van der Waals surface area (Å²) in [5.74, 6) is 0.647. The third-order valence-electron chi connectivity index (χ3n) is 4.52. The van der Waals surface area contributed by atoms with Crippen LogP contribution in [0.1, 0.15) is 70.4 Å². The van der Waals surface area contributed by atoms with Crippen molar-refractivity contribution in [2.45, 2.75) is 64.7 Å². The number of rotatable bonds is 11. The summed E-state index contributed by atoms with van der Waals surface area (Å²) < 4.78 is 5.97. The lowest BCUT2D eigenvalue weighted by Crippen LogP contribution is -2.22. The molecule has 1 aliphatic rings. The summed E-state index contributed by atoms with van der Waals surface area (Å²) in [6.45, 7) is 5.61. The van der Waals surface area contributed by atoms with Crippen molar-refractivity contribution in [3.05, 3.63) is 48.0 Å². The van der Waals surface area contributed by atoms with E-state index >= 15 is 0 Å². The third-order valence-corrected chi connectivity index (χ3v) is 4.52. The molecule has 0 saturated carbocycles. The topological polar surface area (TPSA) is 76.5 Å². The molecule has 1 N–H and O–H groups in total. The van der Waals surface area contributed by atoms with Gasteiger partial charge in [-0.3, -0.25) is 0 Å². The maximum atomic E-state index is 12.1. The number of hydrogen-bond acceptors (Lipinski definition) is 4. The summed E-state index contributed by atoms with van der Waals surface area (Å²) in [6.07, 6.45) is 15.1. The van der Waals surface area contributed by atoms with Crippen molar-refractivity contribution in [3.63, 3.8) is 0 Å². The second-order valence-corrected chi connectivity index (χ2v) is 6.92.